The van der Waals surface area contributed by atoms with Crippen LogP contribution >= 0.6 is 0 Å². The minimum absolute atomic E-state index is 0.00924. The summed E-state index contributed by atoms with van der Waals surface area (Å²) in [6.07, 6.45) is 1.90. The van der Waals surface area contributed by atoms with Gasteiger partial charge in [0, 0.05) is 24.3 Å². The number of benzene rings is 2. The van der Waals surface area contributed by atoms with E-state index in [0.29, 0.717) is 30.0 Å². The van der Waals surface area contributed by atoms with Gasteiger partial charge in [-0.3, -0.25) is 9.59 Å². The third-order valence-corrected chi connectivity index (χ3v) is 4.92. The number of rotatable bonds is 7. The molecule has 2 aromatic carbocycles. The van der Waals surface area contributed by atoms with Crippen LogP contribution in [0.25, 0.3) is 0 Å². The van der Waals surface area contributed by atoms with Crippen molar-refractivity contribution in [3.05, 3.63) is 52.8 Å². The third kappa shape index (κ3) is 4.88. The number of methoxy groups -OCH3 is 2. The monoisotopic (exact) mass is 416 g/mol. The Morgan fingerprint density at radius 2 is 1.93 bits per heavy atom. The zero-order chi connectivity index (χ0) is 21.7. The summed E-state index contributed by atoms with van der Waals surface area (Å²) in [5, 5.41) is 5.56. The molecular formula is C22H25FN2O5. The maximum atomic E-state index is 13.5. The lowest BCUT2D eigenvalue weighted by atomic mass is 10.1. The molecule has 8 heteroatoms. The second kappa shape index (κ2) is 9.58. The second-order valence-corrected chi connectivity index (χ2v) is 7.02. The molecule has 0 radical (unpaired) electrons. The van der Waals surface area contributed by atoms with E-state index in [1.165, 1.54) is 38.5 Å². The van der Waals surface area contributed by atoms with Gasteiger partial charge < -0.3 is 24.8 Å². The first-order valence-electron chi connectivity index (χ1n) is 9.66. The Morgan fingerprint density at radius 1 is 1.13 bits per heavy atom. The van der Waals surface area contributed by atoms with E-state index >= 15 is 0 Å². The average Bonchev–Trinajstić information content (AvgIpc) is 3.26. The summed E-state index contributed by atoms with van der Waals surface area (Å²) in [7, 11) is 2.88. The van der Waals surface area contributed by atoms with E-state index in [9.17, 15) is 14.0 Å². The number of anilines is 1. The summed E-state index contributed by atoms with van der Waals surface area (Å²) in [5.74, 6) is -0.598. The molecule has 1 unspecified atom stereocenters. The highest BCUT2D eigenvalue weighted by Gasteiger charge is 2.21. The Balaban J connectivity index is 1.84. The quantitative estimate of drug-likeness (QED) is 0.723. The Labute approximate surface area is 174 Å². The Kier molecular flexibility index (Phi) is 6.89. The maximum absolute atomic E-state index is 13.5. The van der Waals surface area contributed by atoms with Gasteiger partial charge in [-0.2, -0.15) is 0 Å². The van der Waals surface area contributed by atoms with E-state index in [2.05, 4.69) is 10.6 Å². The number of carbonyl (C=O) groups is 2. The van der Waals surface area contributed by atoms with Crippen LogP contribution in [0.4, 0.5) is 10.1 Å². The first kappa shape index (κ1) is 21.6. The maximum Gasteiger partial charge on any atom is 0.255 e. The number of halogens is 1. The Bertz CT molecular complexity index is 941. The van der Waals surface area contributed by atoms with Crippen LogP contribution in [0.1, 0.15) is 39.1 Å². The molecule has 0 aliphatic carbocycles. The van der Waals surface area contributed by atoms with Crippen molar-refractivity contribution < 1.29 is 28.2 Å². The van der Waals surface area contributed by atoms with E-state index < -0.39 is 11.7 Å². The van der Waals surface area contributed by atoms with Crippen LogP contribution in [0.5, 0.6) is 11.5 Å². The summed E-state index contributed by atoms with van der Waals surface area (Å²) < 4.78 is 29.7. The zero-order valence-electron chi connectivity index (χ0n) is 17.2. The van der Waals surface area contributed by atoms with Crippen LogP contribution in [0, 0.1) is 12.7 Å². The van der Waals surface area contributed by atoms with Crippen LogP contribution in [0.15, 0.2) is 30.3 Å². The molecule has 2 amide bonds. The van der Waals surface area contributed by atoms with Crippen LogP contribution in [0.3, 0.4) is 0 Å². The highest BCUT2D eigenvalue weighted by molar-refractivity contribution is 6.06. The first-order chi connectivity index (χ1) is 14.4. The number of hydrogen-bond acceptors (Lipinski definition) is 5. The van der Waals surface area contributed by atoms with Crippen molar-refractivity contribution in [2.45, 2.75) is 25.9 Å². The van der Waals surface area contributed by atoms with Crippen LogP contribution in [-0.2, 0) is 4.74 Å². The Morgan fingerprint density at radius 3 is 2.57 bits per heavy atom. The molecular weight excluding hydrogens is 391 g/mol. The van der Waals surface area contributed by atoms with Gasteiger partial charge in [0.1, 0.15) is 5.82 Å². The van der Waals surface area contributed by atoms with Gasteiger partial charge in [0.15, 0.2) is 11.5 Å². The smallest absolute Gasteiger partial charge is 0.255 e. The van der Waals surface area contributed by atoms with Crippen LogP contribution in [0.2, 0.25) is 0 Å². The van der Waals surface area contributed by atoms with Gasteiger partial charge in [-0.15, -0.1) is 0 Å². The molecule has 2 aromatic rings. The van der Waals surface area contributed by atoms with Crippen molar-refractivity contribution in [1.29, 1.82) is 0 Å². The van der Waals surface area contributed by atoms with Gasteiger partial charge in [0.2, 0.25) is 0 Å². The lowest BCUT2D eigenvalue weighted by Gasteiger charge is -2.17. The normalized spacial score (nSPS) is 15.5. The zero-order valence-corrected chi connectivity index (χ0v) is 17.2. The molecule has 0 saturated carbocycles. The molecule has 0 spiro atoms. The van der Waals surface area contributed by atoms with Gasteiger partial charge in [0.05, 0.1) is 26.0 Å². The molecule has 1 aliphatic heterocycles. The van der Waals surface area contributed by atoms with E-state index in [1.54, 1.807) is 13.0 Å². The predicted octanol–water partition coefficient (Wildman–Crippen LogP) is 3.31. The fraction of sp³-hybridized carbons (Fsp3) is 0.364. The largest absolute Gasteiger partial charge is 0.493 e. The summed E-state index contributed by atoms with van der Waals surface area (Å²) in [4.78, 5) is 25.3. The van der Waals surface area contributed by atoms with E-state index in [-0.39, 0.29) is 29.0 Å². The standard InChI is InChI=1S/C22H25FN2O5/c1-13-9-14(6-7-17(13)23)22(27)25-18-10-15(11-19(28-2)20(18)29-3)21(26)24-12-16-5-4-8-30-16/h6-7,9-11,16H,4-5,8,12H2,1-3H3,(H,24,26)(H,25,27). The van der Waals surface area contributed by atoms with Crippen LogP contribution < -0.4 is 20.1 Å². The molecule has 1 atom stereocenters. The lowest BCUT2D eigenvalue weighted by Crippen LogP contribution is -2.31. The highest BCUT2D eigenvalue weighted by Crippen LogP contribution is 2.37. The van der Waals surface area contributed by atoms with Crippen molar-refractivity contribution in [3.63, 3.8) is 0 Å². The van der Waals surface area contributed by atoms with Gasteiger partial charge in [-0.05, 0) is 55.7 Å². The van der Waals surface area contributed by atoms with Crippen molar-refractivity contribution >= 4 is 17.5 Å². The third-order valence-electron chi connectivity index (χ3n) is 4.92. The molecule has 0 aromatic heterocycles. The molecule has 7 nitrogen and oxygen atoms in total. The fourth-order valence-corrected chi connectivity index (χ4v) is 3.28. The molecule has 1 aliphatic rings. The minimum atomic E-state index is -0.463. The topological polar surface area (TPSA) is 85.9 Å². The number of nitrogens with one attached hydrogen (secondary N) is 2. The van der Waals surface area contributed by atoms with Crippen molar-refractivity contribution in [2.75, 3.05) is 32.7 Å². The van der Waals surface area contributed by atoms with Gasteiger partial charge >= 0.3 is 0 Å². The number of carbonyl (C=O) groups excluding carboxylic acids is 2. The number of hydrogen-bond donors (Lipinski definition) is 2. The van der Waals surface area contributed by atoms with E-state index in [1.807, 2.05) is 0 Å². The SMILES string of the molecule is COc1cc(C(=O)NCC2CCCO2)cc(NC(=O)c2ccc(F)c(C)c2)c1OC. The molecule has 1 fully saturated rings. The van der Waals surface area contributed by atoms with Crippen molar-refractivity contribution in [1.82, 2.24) is 5.32 Å². The summed E-state index contributed by atoms with van der Waals surface area (Å²) in [6, 6.07) is 7.13. The second-order valence-electron chi connectivity index (χ2n) is 7.02. The fourth-order valence-electron chi connectivity index (χ4n) is 3.28. The number of amides is 2. The van der Waals surface area contributed by atoms with E-state index in [4.69, 9.17) is 14.2 Å². The minimum Gasteiger partial charge on any atom is -0.493 e. The summed E-state index contributed by atoms with van der Waals surface area (Å²) >= 11 is 0. The molecule has 1 heterocycles. The molecule has 2 N–H and O–H groups in total. The van der Waals surface area contributed by atoms with Crippen molar-refractivity contribution in [2.24, 2.45) is 0 Å². The van der Waals surface area contributed by atoms with Crippen molar-refractivity contribution in [3.8, 4) is 11.5 Å². The number of aryl methyl sites for hydroxylation is 1. The number of ether oxygens (including phenoxy) is 3. The van der Waals surface area contributed by atoms with E-state index in [0.717, 1.165) is 12.8 Å². The predicted molar refractivity (Wildman–Crippen MR) is 110 cm³/mol. The molecule has 3 rings (SSSR count). The first-order valence-corrected chi connectivity index (χ1v) is 9.66. The van der Waals surface area contributed by atoms with Crippen LogP contribution in [-0.4, -0.2) is 45.3 Å². The Hall–Kier alpha value is -3.13. The summed E-state index contributed by atoms with van der Waals surface area (Å²) in [6.45, 7) is 2.69. The molecule has 30 heavy (non-hydrogen) atoms. The average molecular weight is 416 g/mol. The van der Waals surface area contributed by atoms with Gasteiger partial charge in [-0.1, -0.05) is 0 Å². The molecule has 1 saturated heterocycles. The molecule has 0 bridgehead atoms. The molecule has 160 valence electrons. The van der Waals surface area contributed by atoms with Gasteiger partial charge in [-0.25, -0.2) is 4.39 Å². The van der Waals surface area contributed by atoms with Gasteiger partial charge in [0.25, 0.3) is 11.8 Å². The highest BCUT2D eigenvalue weighted by atomic mass is 19.1. The summed E-state index contributed by atoms with van der Waals surface area (Å²) in [5.41, 5.74) is 1.21. The lowest BCUT2D eigenvalue weighted by molar-refractivity contribution is 0.0857.